The van der Waals surface area contributed by atoms with Gasteiger partial charge in [-0.25, -0.2) is 4.79 Å². The van der Waals surface area contributed by atoms with E-state index in [9.17, 15) is 14.7 Å². The van der Waals surface area contributed by atoms with Crippen LogP contribution in [0.5, 0.6) is 5.75 Å². The highest BCUT2D eigenvalue weighted by atomic mass is 32.2. The van der Waals surface area contributed by atoms with Crippen LogP contribution in [0.4, 0.5) is 0 Å². The zero-order valence-corrected chi connectivity index (χ0v) is 22.8. The number of rotatable bonds is 17. The number of aromatic carboxylic acids is 1. The summed E-state index contributed by atoms with van der Waals surface area (Å²) in [4.78, 5) is 22.9. The van der Waals surface area contributed by atoms with Crippen LogP contribution in [0.3, 0.4) is 0 Å². The van der Waals surface area contributed by atoms with E-state index >= 15 is 0 Å². The number of benzene rings is 3. The molecule has 6 nitrogen and oxygen atoms in total. The zero-order chi connectivity index (χ0) is 27.9. The standard InChI is InChI=1S/C32H36O6S/c33-29(15-9-16-31(34)35)30(39-28-20-17-26(18-21-28)32(36)37)22-19-25-12-7-6-11-24(25)10-3-2-8-23-38-27-13-4-1-5-14-27/h1,4-7,11-14,17-22,29-30,33H,2-3,8-10,15-16,23H2,(H,34,35)(H,36,37)/b22-19+. The van der Waals surface area contributed by atoms with Gasteiger partial charge in [-0.2, -0.15) is 0 Å². The van der Waals surface area contributed by atoms with Crippen molar-refractivity contribution in [3.63, 3.8) is 0 Å². The number of unbranched alkanes of at least 4 members (excludes halogenated alkanes) is 2. The third kappa shape index (κ3) is 11.0. The van der Waals surface area contributed by atoms with Crippen LogP contribution in [0.25, 0.3) is 6.08 Å². The van der Waals surface area contributed by atoms with Gasteiger partial charge in [0.25, 0.3) is 0 Å². The SMILES string of the molecule is O=C(O)CCCC(O)C(/C=C/c1ccccc1CCCCCOc1ccccc1)Sc1ccc(C(=O)O)cc1. The molecule has 39 heavy (non-hydrogen) atoms. The first-order chi connectivity index (χ1) is 18.9. The van der Waals surface area contributed by atoms with Gasteiger partial charge in [0.1, 0.15) is 5.75 Å². The Kier molecular flexibility index (Phi) is 12.6. The molecule has 0 bridgehead atoms. The third-order valence-corrected chi connectivity index (χ3v) is 7.55. The van der Waals surface area contributed by atoms with E-state index in [0.717, 1.165) is 41.9 Å². The molecule has 3 rings (SSSR count). The van der Waals surface area contributed by atoms with Crippen LogP contribution in [-0.4, -0.2) is 45.2 Å². The number of carboxylic acids is 2. The van der Waals surface area contributed by atoms with Crippen molar-refractivity contribution in [1.82, 2.24) is 0 Å². The first-order valence-electron chi connectivity index (χ1n) is 13.3. The molecular weight excluding hydrogens is 512 g/mol. The molecule has 3 N–H and O–H groups in total. The van der Waals surface area contributed by atoms with E-state index in [-0.39, 0.29) is 17.2 Å². The van der Waals surface area contributed by atoms with Gasteiger partial charge in [-0.05, 0) is 86.1 Å². The van der Waals surface area contributed by atoms with Crippen LogP contribution in [0, 0.1) is 0 Å². The minimum Gasteiger partial charge on any atom is -0.494 e. The second-order valence-electron chi connectivity index (χ2n) is 9.30. The molecule has 0 saturated heterocycles. The maximum atomic E-state index is 11.2. The molecular formula is C32H36O6S. The lowest BCUT2D eigenvalue weighted by Gasteiger charge is -2.20. The number of carbonyl (C=O) groups is 2. The van der Waals surface area contributed by atoms with E-state index in [4.69, 9.17) is 14.9 Å². The van der Waals surface area contributed by atoms with Gasteiger partial charge in [0, 0.05) is 11.3 Å². The Hall–Kier alpha value is -3.55. The normalized spacial score (nSPS) is 12.7. The summed E-state index contributed by atoms with van der Waals surface area (Å²) >= 11 is 1.44. The van der Waals surface area contributed by atoms with E-state index < -0.39 is 18.0 Å². The Labute approximate surface area is 234 Å². The summed E-state index contributed by atoms with van der Waals surface area (Å²) < 4.78 is 5.78. The summed E-state index contributed by atoms with van der Waals surface area (Å²) in [5.41, 5.74) is 2.52. The van der Waals surface area contributed by atoms with Crippen molar-refractivity contribution < 1.29 is 29.6 Å². The summed E-state index contributed by atoms with van der Waals surface area (Å²) in [5.74, 6) is -0.979. The van der Waals surface area contributed by atoms with Gasteiger partial charge < -0.3 is 20.1 Å². The van der Waals surface area contributed by atoms with Crippen LogP contribution in [-0.2, 0) is 11.2 Å². The third-order valence-electron chi connectivity index (χ3n) is 6.27. The largest absolute Gasteiger partial charge is 0.494 e. The summed E-state index contributed by atoms with van der Waals surface area (Å²) in [7, 11) is 0. The van der Waals surface area contributed by atoms with Gasteiger partial charge in [-0.3, -0.25) is 4.79 Å². The van der Waals surface area contributed by atoms with Crippen molar-refractivity contribution in [2.75, 3.05) is 6.61 Å². The summed E-state index contributed by atoms with van der Waals surface area (Å²) in [5, 5.41) is 28.7. The monoisotopic (exact) mass is 548 g/mol. The van der Waals surface area contributed by atoms with Gasteiger partial charge in [0.15, 0.2) is 0 Å². The number of para-hydroxylation sites is 1. The fourth-order valence-corrected chi connectivity index (χ4v) is 5.19. The smallest absolute Gasteiger partial charge is 0.335 e. The lowest BCUT2D eigenvalue weighted by atomic mass is 10.00. The summed E-state index contributed by atoms with van der Waals surface area (Å²) in [6, 6.07) is 24.6. The van der Waals surface area contributed by atoms with Crippen molar-refractivity contribution in [2.24, 2.45) is 0 Å². The zero-order valence-electron chi connectivity index (χ0n) is 21.9. The van der Waals surface area contributed by atoms with E-state index in [1.165, 1.54) is 17.3 Å². The number of thioether (sulfide) groups is 1. The number of hydrogen-bond donors (Lipinski definition) is 3. The summed E-state index contributed by atoms with van der Waals surface area (Å²) in [6.07, 6.45) is 7.98. The van der Waals surface area contributed by atoms with Crippen molar-refractivity contribution in [2.45, 2.75) is 61.2 Å². The Morgan fingerprint density at radius 1 is 0.846 bits per heavy atom. The first kappa shape index (κ1) is 30.0. The molecule has 0 fully saturated rings. The van der Waals surface area contributed by atoms with Crippen molar-refractivity contribution in [1.29, 1.82) is 0 Å². The highest BCUT2D eigenvalue weighted by molar-refractivity contribution is 8.00. The number of carboxylic acid groups (broad SMARTS) is 2. The molecule has 206 valence electrons. The molecule has 3 aromatic rings. The molecule has 2 atom stereocenters. The molecule has 7 heteroatoms. The average Bonchev–Trinajstić information content (AvgIpc) is 2.94. The van der Waals surface area contributed by atoms with Crippen molar-refractivity contribution in [3.8, 4) is 5.75 Å². The minimum atomic E-state index is -0.989. The fourth-order valence-electron chi connectivity index (χ4n) is 4.13. The Morgan fingerprint density at radius 3 is 2.28 bits per heavy atom. The molecule has 0 aliphatic carbocycles. The number of aliphatic carboxylic acids is 1. The number of aliphatic hydroxyl groups is 1. The maximum absolute atomic E-state index is 11.2. The lowest BCUT2D eigenvalue weighted by molar-refractivity contribution is -0.137. The Bertz CT molecular complexity index is 1190. The van der Waals surface area contributed by atoms with Crippen molar-refractivity contribution in [3.05, 3.63) is 102 Å². The molecule has 0 aromatic heterocycles. The number of aryl methyl sites for hydroxylation is 1. The Morgan fingerprint density at radius 2 is 1.56 bits per heavy atom. The van der Waals surface area contributed by atoms with E-state index in [1.807, 2.05) is 54.6 Å². The highest BCUT2D eigenvalue weighted by Crippen LogP contribution is 2.30. The predicted octanol–water partition coefficient (Wildman–Crippen LogP) is 6.97. The average molecular weight is 549 g/mol. The lowest BCUT2D eigenvalue weighted by Crippen LogP contribution is -2.21. The van der Waals surface area contributed by atoms with Gasteiger partial charge in [-0.15, -0.1) is 11.8 Å². The number of hydrogen-bond acceptors (Lipinski definition) is 5. The first-order valence-corrected chi connectivity index (χ1v) is 14.1. The highest BCUT2D eigenvalue weighted by Gasteiger charge is 2.19. The number of aliphatic hydroxyl groups excluding tert-OH is 1. The van der Waals surface area contributed by atoms with Crippen LogP contribution >= 0.6 is 11.8 Å². The molecule has 0 aliphatic heterocycles. The molecule has 0 amide bonds. The second-order valence-corrected chi connectivity index (χ2v) is 10.5. The Balaban J connectivity index is 1.60. The molecule has 3 aromatic carbocycles. The molecule has 0 heterocycles. The molecule has 0 spiro atoms. The molecule has 0 radical (unpaired) electrons. The van der Waals surface area contributed by atoms with Crippen LogP contribution in [0.2, 0.25) is 0 Å². The quantitative estimate of drug-likeness (QED) is 0.124. The number of ether oxygens (including phenoxy) is 1. The fraction of sp³-hybridized carbons (Fsp3) is 0.312. The predicted molar refractivity (Wildman–Crippen MR) is 156 cm³/mol. The molecule has 0 saturated carbocycles. The van der Waals surface area contributed by atoms with Gasteiger partial charge in [0.2, 0.25) is 0 Å². The van der Waals surface area contributed by atoms with Crippen LogP contribution in [0.15, 0.2) is 89.8 Å². The van der Waals surface area contributed by atoms with Crippen LogP contribution in [0.1, 0.15) is 60.0 Å². The minimum absolute atomic E-state index is 0.00465. The summed E-state index contributed by atoms with van der Waals surface area (Å²) in [6.45, 7) is 0.692. The van der Waals surface area contributed by atoms with Gasteiger partial charge >= 0.3 is 11.9 Å². The molecule has 0 aliphatic rings. The topological polar surface area (TPSA) is 104 Å². The molecule has 2 unspecified atom stereocenters. The second kappa shape index (κ2) is 16.4. The maximum Gasteiger partial charge on any atom is 0.335 e. The van der Waals surface area contributed by atoms with Crippen molar-refractivity contribution >= 4 is 29.8 Å². The van der Waals surface area contributed by atoms with E-state index in [0.29, 0.717) is 19.4 Å². The van der Waals surface area contributed by atoms with E-state index in [2.05, 4.69) is 12.1 Å². The van der Waals surface area contributed by atoms with Gasteiger partial charge in [-0.1, -0.05) is 54.6 Å². The van der Waals surface area contributed by atoms with Crippen LogP contribution < -0.4 is 4.74 Å². The van der Waals surface area contributed by atoms with E-state index in [1.54, 1.807) is 24.3 Å². The van der Waals surface area contributed by atoms with Gasteiger partial charge in [0.05, 0.1) is 23.5 Å².